The van der Waals surface area contributed by atoms with Crippen LogP contribution in [-0.2, 0) is 9.53 Å². The van der Waals surface area contributed by atoms with Crippen molar-refractivity contribution in [2.24, 2.45) is 5.92 Å². The Labute approximate surface area is 215 Å². The van der Waals surface area contributed by atoms with Crippen LogP contribution in [0.5, 0.6) is 5.75 Å². The van der Waals surface area contributed by atoms with E-state index in [0.717, 1.165) is 16.6 Å². The fourth-order valence-electron chi connectivity index (χ4n) is 3.51. The van der Waals surface area contributed by atoms with Crippen molar-refractivity contribution in [2.75, 3.05) is 18.5 Å². The molecule has 192 valence electrons. The molecule has 4 rings (SSSR count). The summed E-state index contributed by atoms with van der Waals surface area (Å²) in [5.74, 6) is 1.70. The molecule has 0 aliphatic carbocycles. The number of hydrogen-bond donors (Lipinski definition) is 2. The number of fused-ring (bicyclic) bond motifs is 1. The van der Waals surface area contributed by atoms with Crippen LogP contribution in [0.3, 0.4) is 0 Å². The number of nitrogens with zero attached hydrogens (tertiary/aromatic N) is 4. The molecule has 2 aromatic carbocycles. The van der Waals surface area contributed by atoms with Gasteiger partial charge in [-0.05, 0) is 56.2 Å². The Morgan fingerprint density at radius 3 is 2.68 bits per heavy atom. The van der Waals surface area contributed by atoms with Crippen molar-refractivity contribution in [3.63, 3.8) is 0 Å². The number of ether oxygens (including phenoxy) is 2. The number of nitrogens with one attached hydrogen (secondary N) is 2. The summed E-state index contributed by atoms with van der Waals surface area (Å²) in [5.41, 5.74) is 2.18. The van der Waals surface area contributed by atoms with Gasteiger partial charge in [-0.1, -0.05) is 26.0 Å². The quantitative estimate of drug-likeness (QED) is 0.335. The Hall–Kier alpha value is -4.47. The van der Waals surface area contributed by atoms with Gasteiger partial charge in [0.15, 0.2) is 12.4 Å². The maximum Gasteiger partial charge on any atom is 0.435 e. The normalized spacial score (nSPS) is 11.1. The minimum absolute atomic E-state index is 0.0502. The first kappa shape index (κ1) is 25.6. The van der Waals surface area contributed by atoms with Gasteiger partial charge in [-0.2, -0.15) is 9.78 Å². The summed E-state index contributed by atoms with van der Waals surface area (Å²) in [6, 6.07) is 14.6. The standard InChI is InChI=1S/C27H30N6O4/c1-17(2)15-37-27(35)33-23-9-8-21(12-20(23)14-29-33)31-24-10-11-28-26(32-24)19-6-5-7-22(13-19)36-16-25(34)30-18(3)4/h5-14,17-18H,15-16H2,1-4H3,(H,30,34)(H,28,31,32). The first-order chi connectivity index (χ1) is 17.8. The Bertz CT molecular complexity index is 1400. The third-order valence-corrected chi connectivity index (χ3v) is 5.12. The van der Waals surface area contributed by atoms with Crippen molar-refractivity contribution in [3.8, 4) is 17.1 Å². The minimum Gasteiger partial charge on any atom is -0.484 e. The van der Waals surface area contributed by atoms with Gasteiger partial charge in [0.25, 0.3) is 5.91 Å². The lowest BCUT2D eigenvalue weighted by molar-refractivity contribution is -0.123. The number of carbonyl (C=O) groups excluding carboxylic acids is 2. The molecule has 37 heavy (non-hydrogen) atoms. The third kappa shape index (κ3) is 6.81. The van der Waals surface area contributed by atoms with Gasteiger partial charge in [0.2, 0.25) is 0 Å². The molecule has 0 bridgehead atoms. The van der Waals surface area contributed by atoms with Crippen LogP contribution in [0.4, 0.5) is 16.3 Å². The van der Waals surface area contributed by atoms with E-state index in [4.69, 9.17) is 9.47 Å². The summed E-state index contributed by atoms with van der Waals surface area (Å²) < 4.78 is 12.2. The molecule has 0 saturated carbocycles. The predicted molar refractivity (Wildman–Crippen MR) is 141 cm³/mol. The summed E-state index contributed by atoms with van der Waals surface area (Å²) in [5, 5.41) is 11.0. The average molecular weight is 503 g/mol. The second kappa shape index (κ2) is 11.5. The van der Waals surface area contributed by atoms with Crippen LogP contribution >= 0.6 is 0 Å². The molecule has 2 heterocycles. The highest BCUT2D eigenvalue weighted by Gasteiger charge is 2.13. The average Bonchev–Trinajstić information content (AvgIpc) is 3.29. The summed E-state index contributed by atoms with van der Waals surface area (Å²) in [6.07, 6.45) is 2.78. The molecule has 0 radical (unpaired) electrons. The Morgan fingerprint density at radius 1 is 1.05 bits per heavy atom. The number of amides is 1. The molecule has 0 aliphatic rings. The molecule has 0 fully saturated rings. The smallest absolute Gasteiger partial charge is 0.435 e. The Kier molecular flexibility index (Phi) is 7.97. The fraction of sp³-hybridized carbons (Fsp3) is 0.296. The van der Waals surface area contributed by atoms with Gasteiger partial charge < -0.3 is 20.1 Å². The molecule has 0 aliphatic heterocycles. The number of rotatable bonds is 9. The van der Waals surface area contributed by atoms with Gasteiger partial charge in [-0.3, -0.25) is 4.79 Å². The van der Waals surface area contributed by atoms with E-state index in [-0.39, 0.29) is 24.5 Å². The highest BCUT2D eigenvalue weighted by molar-refractivity contribution is 5.90. The molecule has 10 heteroatoms. The number of aromatic nitrogens is 4. The zero-order valence-corrected chi connectivity index (χ0v) is 21.3. The molecule has 4 aromatic rings. The maximum absolute atomic E-state index is 12.3. The molecule has 10 nitrogen and oxygen atoms in total. The van der Waals surface area contributed by atoms with Crippen molar-refractivity contribution in [2.45, 2.75) is 33.7 Å². The molecule has 1 amide bonds. The minimum atomic E-state index is -0.503. The monoisotopic (exact) mass is 502 g/mol. The van der Waals surface area contributed by atoms with Crippen LogP contribution in [0.25, 0.3) is 22.3 Å². The van der Waals surface area contributed by atoms with E-state index < -0.39 is 6.09 Å². The largest absolute Gasteiger partial charge is 0.484 e. The SMILES string of the molecule is CC(C)COC(=O)n1ncc2cc(Nc3ccnc(-c4cccc(OCC(=O)NC(C)C)c4)n3)ccc21. The molecular weight excluding hydrogens is 472 g/mol. The highest BCUT2D eigenvalue weighted by atomic mass is 16.6. The van der Waals surface area contributed by atoms with Gasteiger partial charge in [-0.25, -0.2) is 14.8 Å². The second-order valence-corrected chi connectivity index (χ2v) is 9.23. The van der Waals surface area contributed by atoms with Gasteiger partial charge in [0, 0.05) is 28.9 Å². The molecule has 2 aromatic heterocycles. The zero-order valence-electron chi connectivity index (χ0n) is 21.3. The summed E-state index contributed by atoms with van der Waals surface area (Å²) in [4.78, 5) is 33.2. The van der Waals surface area contributed by atoms with E-state index in [0.29, 0.717) is 29.5 Å². The van der Waals surface area contributed by atoms with Crippen molar-refractivity contribution in [3.05, 3.63) is 60.9 Å². The summed E-state index contributed by atoms with van der Waals surface area (Å²) in [6.45, 7) is 8.01. The van der Waals surface area contributed by atoms with Crippen molar-refractivity contribution in [1.82, 2.24) is 25.1 Å². The van der Waals surface area contributed by atoms with Crippen LogP contribution < -0.4 is 15.4 Å². The van der Waals surface area contributed by atoms with E-state index in [1.807, 2.05) is 52.0 Å². The Balaban J connectivity index is 1.46. The van der Waals surface area contributed by atoms with Crippen LogP contribution in [0, 0.1) is 5.92 Å². The first-order valence-electron chi connectivity index (χ1n) is 12.1. The fourth-order valence-corrected chi connectivity index (χ4v) is 3.51. The van der Waals surface area contributed by atoms with E-state index >= 15 is 0 Å². The predicted octanol–water partition coefficient (Wildman–Crippen LogP) is 4.78. The molecular formula is C27H30N6O4. The molecule has 0 atom stereocenters. The van der Waals surface area contributed by atoms with Crippen molar-refractivity contribution >= 4 is 34.4 Å². The highest BCUT2D eigenvalue weighted by Crippen LogP contribution is 2.25. The number of anilines is 2. The lowest BCUT2D eigenvalue weighted by atomic mass is 10.2. The number of benzene rings is 2. The molecule has 0 unspecified atom stereocenters. The molecule has 0 spiro atoms. The van der Waals surface area contributed by atoms with Gasteiger partial charge in [-0.15, -0.1) is 0 Å². The number of carbonyl (C=O) groups is 2. The molecule has 0 saturated heterocycles. The lowest BCUT2D eigenvalue weighted by Crippen LogP contribution is -2.34. The summed E-state index contributed by atoms with van der Waals surface area (Å²) >= 11 is 0. The summed E-state index contributed by atoms with van der Waals surface area (Å²) in [7, 11) is 0. The van der Waals surface area contributed by atoms with Crippen LogP contribution in [0.2, 0.25) is 0 Å². The second-order valence-electron chi connectivity index (χ2n) is 9.23. The number of hydrogen-bond acceptors (Lipinski definition) is 8. The van der Waals surface area contributed by atoms with E-state index in [1.54, 1.807) is 36.7 Å². The van der Waals surface area contributed by atoms with E-state index in [1.165, 1.54) is 4.68 Å². The van der Waals surface area contributed by atoms with Crippen molar-refractivity contribution in [1.29, 1.82) is 0 Å². The lowest BCUT2D eigenvalue weighted by Gasteiger charge is -2.11. The first-order valence-corrected chi connectivity index (χ1v) is 12.1. The van der Waals surface area contributed by atoms with Crippen LogP contribution in [0.15, 0.2) is 60.9 Å². The van der Waals surface area contributed by atoms with Crippen LogP contribution in [-0.4, -0.2) is 51.0 Å². The van der Waals surface area contributed by atoms with Gasteiger partial charge in [0.1, 0.15) is 11.6 Å². The maximum atomic E-state index is 12.3. The third-order valence-electron chi connectivity index (χ3n) is 5.12. The zero-order chi connectivity index (χ0) is 26.4. The van der Waals surface area contributed by atoms with E-state index in [9.17, 15) is 9.59 Å². The van der Waals surface area contributed by atoms with Crippen molar-refractivity contribution < 1.29 is 19.1 Å². The van der Waals surface area contributed by atoms with E-state index in [2.05, 4.69) is 25.7 Å². The van der Waals surface area contributed by atoms with Gasteiger partial charge >= 0.3 is 6.09 Å². The topological polar surface area (TPSA) is 120 Å². The van der Waals surface area contributed by atoms with Gasteiger partial charge in [0.05, 0.1) is 18.3 Å². The Morgan fingerprint density at radius 2 is 1.89 bits per heavy atom. The van der Waals surface area contributed by atoms with Crippen LogP contribution in [0.1, 0.15) is 27.7 Å². The molecule has 2 N–H and O–H groups in total.